The van der Waals surface area contributed by atoms with Crippen LogP contribution in [0.2, 0.25) is 0 Å². The van der Waals surface area contributed by atoms with Crippen molar-refractivity contribution < 1.29 is 19.7 Å². The highest BCUT2D eigenvalue weighted by Crippen LogP contribution is 2.37. The van der Waals surface area contributed by atoms with E-state index in [4.69, 9.17) is 5.26 Å². The molecule has 3 aromatic rings. The molecule has 0 saturated carbocycles. The molecular weight excluding hydrogens is 316 g/mol. The molecule has 3 rings (SSSR count). The zero-order valence-electron chi connectivity index (χ0n) is 11.8. The first kappa shape index (κ1) is 15.4. The molecular formula is C16H12N2O4S. The van der Waals surface area contributed by atoms with Crippen molar-refractivity contribution in [2.24, 2.45) is 10.2 Å². The molecule has 0 aliphatic rings. The predicted octanol–water partition coefficient (Wildman–Crippen LogP) is 5.39. The Morgan fingerprint density at radius 3 is 2.52 bits per heavy atom. The molecule has 2 N–H and O–H groups in total. The molecule has 0 unspecified atom stereocenters. The van der Waals surface area contributed by atoms with E-state index in [-0.39, 0.29) is 5.75 Å². The summed E-state index contributed by atoms with van der Waals surface area (Å²) in [5, 5.41) is 31.7. The lowest BCUT2D eigenvalue weighted by molar-refractivity contribution is -0.432. The lowest BCUT2D eigenvalue weighted by atomic mass is 10.1. The van der Waals surface area contributed by atoms with E-state index < -0.39 is 0 Å². The van der Waals surface area contributed by atoms with Gasteiger partial charge >= 0.3 is 0 Å². The first-order valence-electron chi connectivity index (χ1n) is 6.65. The number of aromatic hydroxyl groups is 1. The van der Waals surface area contributed by atoms with Gasteiger partial charge in [0.05, 0.1) is 17.7 Å². The molecule has 23 heavy (non-hydrogen) atoms. The maximum Gasteiger partial charge on any atom is 0.143 e. The Morgan fingerprint density at radius 1 is 0.913 bits per heavy atom. The molecule has 0 amide bonds. The average molecular weight is 328 g/mol. The number of benzene rings is 3. The van der Waals surface area contributed by atoms with Crippen LogP contribution in [0.5, 0.6) is 5.75 Å². The number of hydrogen-bond acceptors (Lipinski definition) is 7. The van der Waals surface area contributed by atoms with Crippen LogP contribution >= 0.6 is 12.0 Å². The first-order chi connectivity index (χ1) is 11.3. The molecule has 0 fully saturated rings. The molecule has 7 heteroatoms. The van der Waals surface area contributed by atoms with Gasteiger partial charge in [-0.3, -0.25) is 0 Å². The maximum atomic E-state index is 10.1. The Hall–Kier alpha value is -2.45. The van der Waals surface area contributed by atoms with Gasteiger partial charge in [0.1, 0.15) is 11.4 Å². The Balaban J connectivity index is 1.99. The van der Waals surface area contributed by atoms with Gasteiger partial charge in [-0.1, -0.05) is 35.4 Å². The third-order valence-electron chi connectivity index (χ3n) is 3.12. The third-order valence-corrected chi connectivity index (χ3v) is 3.70. The fraction of sp³-hybridized carbons (Fsp3) is 0. The molecule has 6 nitrogen and oxygen atoms in total. The fourth-order valence-electron chi connectivity index (χ4n) is 2.09. The molecule has 116 valence electrons. The normalized spacial score (nSPS) is 11.3. The van der Waals surface area contributed by atoms with Gasteiger partial charge in [0.2, 0.25) is 0 Å². The standard InChI is InChI=1S/C16H12N2O4S/c19-15-9-6-11-10-13(23-22-21-20)7-8-14(11)16(15)18-17-12-4-2-1-3-5-12/h1-10,19-20H. The highest BCUT2D eigenvalue weighted by molar-refractivity contribution is 7.94. The van der Waals surface area contributed by atoms with Gasteiger partial charge in [-0.05, 0) is 35.7 Å². The zero-order chi connectivity index (χ0) is 16.1. The third kappa shape index (κ3) is 3.66. The van der Waals surface area contributed by atoms with Crippen LogP contribution in [-0.4, -0.2) is 10.4 Å². The van der Waals surface area contributed by atoms with Crippen molar-refractivity contribution in [2.75, 3.05) is 0 Å². The molecule has 0 atom stereocenters. The van der Waals surface area contributed by atoms with Crippen molar-refractivity contribution in [3.05, 3.63) is 60.7 Å². The van der Waals surface area contributed by atoms with Crippen LogP contribution in [0.3, 0.4) is 0 Å². The monoisotopic (exact) mass is 328 g/mol. The molecule has 0 aliphatic heterocycles. The van der Waals surface area contributed by atoms with Gasteiger partial charge in [0.15, 0.2) is 0 Å². The van der Waals surface area contributed by atoms with E-state index in [1.807, 2.05) is 36.4 Å². The second-order valence-corrected chi connectivity index (χ2v) is 5.35. The van der Waals surface area contributed by atoms with Crippen molar-refractivity contribution in [1.82, 2.24) is 0 Å². The van der Waals surface area contributed by atoms with E-state index in [9.17, 15) is 5.11 Å². The summed E-state index contributed by atoms with van der Waals surface area (Å²) in [5.74, 6) is 0.0486. The van der Waals surface area contributed by atoms with Crippen molar-refractivity contribution in [2.45, 2.75) is 4.90 Å². The largest absolute Gasteiger partial charge is 0.506 e. The molecule has 0 bridgehead atoms. The van der Waals surface area contributed by atoms with Crippen molar-refractivity contribution in [1.29, 1.82) is 0 Å². The number of phenols is 1. The van der Waals surface area contributed by atoms with E-state index in [0.29, 0.717) is 11.4 Å². The zero-order valence-corrected chi connectivity index (χ0v) is 12.6. The highest BCUT2D eigenvalue weighted by Gasteiger charge is 2.08. The number of nitrogens with zero attached hydrogens (tertiary/aromatic N) is 2. The second kappa shape index (κ2) is 7.21. The Bertz CT molecular complexity index is 840. The SMILES string of the molecule is OOOSc1ccc2c(N=Nc3ccccc3)c(O)ccc2c1. The Kier molecular flexibility index (Phi) is 4.84. The minimum absolute atomic E-state index is 0.0486. The van der Waals surface area contributed by atoms with E-state index in [2.05, 4.69) is 19.6 Å². The summed E-state index contributed by atoms with van der Waals surface area (Å²) in [6, 6.07) is 18.0. The fourth-order valence-corrected chi connectivity index (χ4v) is 2.50. The van der Waals surface area contributed by atoms with Gasteiger partial charge in [-0.25, -0.2) is 5.26 Å². The molecule has 0 aromatic heterocycles. The highest BCUT2D eigenvalue weighted by atomic mass is 32.2. The van der Waals surface area contributed by atoms with E-state index in [1.54, 1.807) is 24.3 Å². The first-order valence-corrected chi connectivity index (χ1v) is 7.39. The predicted molar refractivity (Wildman–Crippen MR) is 86.9 cm³/mol. The molecule has 0 aliphatic carbocycles. The van der Waals surface area contributed by atoms with Crippen LogP contribution in [0.15, 0.2) is 75.8 Å². The van der Waals surface area contributed by atoms with Crippen molar-refractivity contribution in [3.63, 3.8) is 0 Å². The number of azo groups is 1. The van der Waals surface area contributed by atoms with Crippen LogP contribution in [-0.2, 0) is 9.37 Å². The van der Waals surface area contributed by atoms with E-state index in [0.717, 1.165) is 27.7 Å². The quantitative estimate of drug-likeness (QED) is 0.284. The summed E-state index contributed by atoms with van der Waals surface area (Å²) < 4.78 is 4.41. The average Bonchev–Trinajstić information content (AvgIpc) is 2.60. The van der Waals surface area contributed by atoms with Gasteiger partial charge < -0.3 is 5.11 Å². The lowest BCUT2D eigenvalue weighted by Gasteiger charge is -2.05. The van der Waals surface area contributed by atoms with Crippen LogP contribution < -0.4 is 0 Å². The number of hydrogen-bond donors (Lipinski definition) is 2. The van der Waals surface area contributed by atoms with Gasteiger partial charge in [0, 0.05) is 10.3 Å². The van der Waals surface area contributed by atoms with E-state index >= 15 is 0 Å². The van der Waals surface area contributed by atoms with Crippen LogP contribution in [0.4, 0.5) is 11.4 Å². The van der Waals surface area contributed by atoms with Gasteiger partial charge in [-0.15, -0.1) is 9.45 Å². The van der Waals surface area contributed by atoms with Crippen LogP contribution in [0.25, 0.3) is 10.8 Å². The van der Waals surface area contributed by atoms with E-state index in [1.165, 1.54) is 0 Å². The summed E-state index contributed by atoms with van der Waals surface area (Å²) in [6.07, 6.45) is 0. The summed E-state index contributed by atoms with van der Waals surface area (Å²) in [6.45, 7) is 0. The number of rotatable bonds is 5. The second-order valence-electron chi connectivity index (χ2n) is 4.58. The maximum absolute atomic E-state index is 10.1. The molecule has 0 heterocycles. The summed E-state index contributed by atoms with van der Waals surface area (Å²) in [7, 11) is 0. The Labute approximate surface area is 136 Å². The minimum Gasteiger partial charge on any atom is -0.506 e. The van der Waals surface area contributed by atoms with Crippen molar-refractivity contribution >= 4 is 34.2 Å². The van der Waals surface area contributed by atoms with Crippen LogP contribution in [0.1, 0.15) is 0 Å². The topological polar surface area (TPSA) is 83.6 Å². The molecule has 0 saturated heterocycles. The lowest BCUT2D eigenvalue weighted by Crippen LogP contribution is -1.80. The summed E-state index contributed by atoms with van der Waals surface area (Å²) in [5.41, 5.74) is 1.09. The van der Waals surface area contributed by atoms with Crippen molar-refractivity contribution in [3.8, 4) is 5.75 Å². The van der Waals surface area contributed by atoms with Gasteiger partial charge in [-0.2, -0.15) is 5.11 Å². The number of phenolic OH excluding ortho intramolecular Hbond substituents is 1. The smallest absolute Gasteiger partial charge is 0.143 e. The summed E-state index contributed by atoms with van der Waals surface area (Å²) in [4.78, 5) is 0.725. The van der Waals surface area contributed by atoms with Gasteiger partial charge in [0.25, 0.3) is 0 Å². The molecule has 0 spiro atoms. The number of fused-ring (bicyclic) bond motifs is 1. The summed E-state index contributed by atoms with van der Waals surface area (Å²) >= 11 is 0.867. The molecule has 3 aromatic carbocycles. The van der Waals surface area contributed by atoms with Crippen LogP contribution in [0, 0.1) is 0 Å². The minimum atomic E-state index is 0.0486. The molecule has 0 radical (unpaired) electrons. The Morgan fingerprint density at radius 2 is 1.74 bits per heavy atom.